The minimum Gasteiger partial charge on any atom is -0.455 e. The quantitative estimate of drug-likeness (QED) is 0.689. The molecule has 2 rings (SSSR count). The molecule has 1 aromatic carbocycles. The zero-order valence-electron chi connectivity index (χ0n) is 13.4. The van der Waals surface area contributed by atoms with Crippen LogP contribution in [0.2, 0.25) is 5.02 Å². The maximum atomic E-state index is 12.2. The average Bonchev–Trinajstić information content (AvgIpc) is 3.02. The molecule has 5 nitrogen and oxygen atoms in total. The van der Waals surface area contributed by atoms with E-state index >= 15 is 0 Å². The Hall–Kier alpha value is -1.63. The summed E-state index contributed by atoms with van der Waals surface area (Å²) in [4.78, 5) is 11.9. The summed E-state index contributed by atoms with van der Waals surface area (Å²) in [6, 6.07) is 10.5. The molecule has 1 heterocycles. The number of hydrogen-bond acceptors (Lipinski definition) is 4. The highest BCUT2D eigenvalue weighted by atomic mass is 35.5. The van der Waals surface area contributed by atoms with Crippen LogP contribution in [0.4, 0.5) is 0 Å². The summed E-state index contributed by atoms with van der Waals surface area (Å²) in [5.74, 6) is 1.16. The molecular formula is C17H20ClNO4S. The molecule has 130 valence electrons. The number of ether oxygens (including phenoxy) is 1. The van der Waals surface area contributed by atoms with Crippen molar-refractivity contribution in [2.24, 2.45) is 0 Å². The van der Waals surface area contributed by atoms with E-state index in [1.165, 1.54) is 0 Å². The second-order valence-electron chi connectivity index (χ2n) is 5.22. The van der Waals surface area contributed by atoms with Crippen molar-refractivity contribution in [3.8, 4) is 0 Å². The van der Waals surface area contributed by atoms with E-state index in [-0.39, 0.29) is 17.4 Å². The number of amides is 1. The van der Waals surface area contributed by atoms with Crippen molar-refractivity contribution < 1.29 is 18.2 Å². The van der Waals surface area contributed by atoms with Crippen molar-refractivity contribution in [1.29, 1.82) is 0 Å². The number of carbonyl (C=O) groups excluding carboxylic acids is 1. The summed E-state index contributed by atoms with van der Waals surface area (Å²) in [7, 11) is 0.494. The lowest BCUT2D eigenvalue weighted by Gasteiger charge is -2.03. The zero-order chi connectivity index (χ0) is 17.4. The number of rotatable bonds is 9. The maximum absolute atomic E-state index is 12.2. The van der Waals surface area contributed by atoms with Gasteiger partial charge in [0.2, 0.25) is 0 Å². The first-order valence-corrected chi connectivity index (χ1v) is 9.40. The van der Waals surface area contributed by atoms with E-state index in [0.717, 1.165) is 12.0 Å². The summed E-state index contributed by atoms with van der Waals surface area (Å²) in [6.45, 7) is 1.11. The smallest absolute Gasteiger partial charge is 0.286 e. The number of methoxy groups -OCH3 is 1. The van der Waals surface area contributed by atoms with Gasteiger partial charge in [-0.05, 0) is 36.2 Å². The van der Waals surface area contributed by atoms with Crippen LogP contribution in [0.25, 0.3) is 0 Å². The minimum absolute atomic E-state index is 0.228. The number of halogens is 1. The molecule has 1 N–H and O–H groups in total. The van der Waals surface area contributed by atoms with Crippen molar-refractivity contribution in [2.75, 3.05) is 20.3 Å². The van der Waals surface area contributed by atoms with Crippen molar-refractivity contribution >= 4 is 28.3 Å². The van der Waals surface area contributed by atoms with Crippen LogP contribution in [0.5, 0.6) is 0 Å². The molecule has 0 bridgehead atoms. The van der Waals surface area contributed by atoms with Gasteiger partial charge in [-0.1, -0.05) is 23.7 Å². The molecule has 0 saturated carbocycles. The summed E-state index contributed by atoms with van der Waals surface area (Å²) in [5, 5.41) is 3.39. The molecule has 1 amide bonds. The van der Waals surface area contributed by atoms with Crippen LogP contribution in [0.15, 0.2) is 40.8 Å². The predicted molar refractivity (Wildman–Crippen MR) is 94.5 cm³/mol. The van der Waals surface area contributed by atoms with Gasteiger partial charge in [0, 0.05) is 41.8 Å². The Morgan fingerprint density at radius 2 is 1.96 bits per heavy atom. The normalized spacial score (nSPS) is 12.1. The second kappa shape index (κ2) is 9.61. The van der Waals surface area contributed by atoms with Gasteiger partial charge in [-0.25, -0.2) is 0 Å². The molecule has 1 aromatic heterocycles. The molecule has 0 aliphatic rings. The Labute approximate surface area is 148 Å². The monoisotopic (exact) mass is 369 g/mol. The molecule has 2 aromatic rings. The minimum atomic E-state index is -1.12. The summed E-state index contributed by atoms with van der Waals surface area (Å²) >= 11 is 5.83. The largest absolute Gasteiger partial charge is 0.455 e. The van der Waals surface area contributed by atoms with E-state index in [2.05, 4.69) is 5.32 Å². The Kier molecular flexibility index (Phi) is 7.49. The number of nitrogens with one attached hydrogen (secondary N) is 1. The number of hydrogen-bond donors (Lipinski definition) is 1. The third kappa shape index (κ3) is 6.11. The van der Waals surface area contributed by atoms with Crippen LogP contribution >= 0.6 is 11.6 Å². The molecule has 0 spiro atoms. The van der Waals surface area contributed by atoms with Crippen LogP contribution in [0, 0.1) is 0 Å². The zero-order valence-corrected chi connectivity index (χ0v) is 15.0. The van der Waals surface area contributed by atoms with Gasteiger partial charge in [0.25, 0.3) is 5.91 Å². The lowest BCUT2D eigenvalue weighted by molar-refractivity contribution is 0.0919. The topological polar surface area (TPSA) is 68.5 Å². The number of benzene rings is 1. The standard InChI is InChI=1S/C17H20ClNO4S/c1-22-10-2-9-19-17(20)16-8-7-15(23-16)12-24(21)11-13-3-5-14(18)6-4-13/h3-8H,2,9-12H2,1H3,(H,19,20)/t24-/m1/s1. The molecule has 0 radical (unpaired) electrons. The third-order valence-corrected chi connectivity index (χ3v) is 4.75. The van der Waals surface area contributed by atoms with E-state index in [1.807, 2.05) is 12.1 Å². The van der Waals surface area contributed by atoms with Crippen molar-refractivity contribution in [3.05, 3.63) is 58.5 Å². The molecule has 0 aliphatic heterocycles. The molecule has 0 fully saturated rings. The maximum Gasteiger partial charge on any atom is 0.286 e. The summed E-state index contributed by atoms with van der Waals surface area (Å²) < 4.78 is 22.6. The van der Waals surface area contributed by atoms with Gasteiger partial charge >= 0.3 is 0 Å². The molecule has 0 aliphatic carbocycles. The first kappa shape index (κ1) is 18.7. The third-order valence-electron chi connectivity index (χ3n) is 3.24. The van der Waals surface area contributed by atoms with Crippen molar-refractivity contribution in [3.63, 3.8) is 0 Å². The van der Waals surface area contributed by atoms with Crippen LogP contribution in [-0.2, 0) is 27.0 Å². The SMILES string of the molecule is COCCCNC(=O)c1ccc(C[S@](=O)Cc2ccc(Cl)cc2)o1. The Bertz CT molecular complexity index is 684. The summed E-state index contributed by atoms with van der Waals surface area (Å²) in [6.07, 6.45) is 0.737. The van der Waals surface area contributed by atoms with Crippen LogP contribution in [0.1, 0.15) is 28.3 Å². The lowest BCUT2D eigenvalue weighted by Crippen LogP contribution is -2.24. The fraction of sp³-hybridized carbons (Fsp3) is 0.353. The molecular weight excluding hydrogens is 350 g/mol. The Morgan fingerprint density at radius 3 is 2.67 bits per heavy atom. The van der Waals surface area contributed by atoms with Gasteiger partial charge in [0.05, 0.1) is 5.75 Å². The van der Waals surface area contributed by atoms with Gasteiger partial charge in [-0.3, -0.25) is 9.00 Å². The Morgan fingerprint density at radius 1 is 1.21 bits per heavy atom. The molecule has 1 atom stereocenters. The van der Waals surface area contributed by atoms with E-state index < -0.39 is 10.8 Å². The molecule has 0 unspecified atom stereocenters. The predicted octanol–water partition coefficient (Wildman–Crippen LogP) is 3.15. The van der Waals surface area contributed by atoms with E-state index in [1.54, 1.807) is 31.4 Å². The lowest BCUT2D eigenvalue weighted by atomic mass is 10.2. The van der Waals surface area contributed by atoms with Crippen molar-refractivity contribution in [2.45, 2.75) is 17.9 Å². The Balaban J connectivity index is 1.83. The summed E-state index contributed by atoms with van der Waals surface area (Å²) in [5.41, 5.74) is 0.945. The first-order valence-electron chi connectivity index (χ1n) is 7.54. The van der Waals surface area contributed by atoms with Gasteiger partial charge < -0.3 is 14.5 Å². The van der Waals surface area contributed by atoms with Gasteiger partial charge in [-0.2, -0.15) is 0 Å². The highest BCUT2D eigenvalue weighted by Crippen LogP contribution is 2.15. The highest BCUT2D eigenvalue weighted by molar-refractivity contribution is 7.83. The number of carbonyl (C=O) groups is 1. The fourth-order valence-corrected chi connectivity index (χ4v) is 3.32. The van der Waals surface area contributed by atoms with E-state index in [4.69, 9.17) is 20.8 Å². The van der Waals surface area contributed by atoms with E-state index in [0.29, 0.717) is 29.7 Å². The first-order chi connectivity index (χ1) is 11.6. The van der Waals surface area contributed by atoms with Crippen LogP contribution in [0.3, 0.4) is 0 Å². The fourth-order valence-electron chi connectivity index (χ4n) is 2.06. The van der Waals surface area contributed by atoms with Gasteiger partial charge in [-0.15, -0.1) is 0 Å². The second-order valence-corrected chi connectivity index (χ2v) is 7.12. The highest BCUT2D eigenvalue weighted by Gasteiger charge is 2.12. The van der Waals surface area contributed by atoms with Crippen LogP contribution < -0.4 is 5.32 Å². The molecule has 7 heteroatoms. The van der Waals surface area contributed by atoms with Crippen molar-refractivity contribution in [1.82, 2.24) is 5.32 Å². The molecule has 0 saturated heterocycles. The average molecular weight is 370 g/mol. The number of furan rings is 1. The van der Waals surface area contributed by atoms with Crippen LogP contribution in [-0.4, -0.2) is 30.4 Å². The van der Waals surface area contributed by atoms with Gasteiger partial charge in [0.1, 0.15) is 5.76 Å². The van der Waals surface area contributed by atoms with Gasteiger partial charge in [0.15, 0.2) is 5.76 Å². The van der Waals surface area contributed by atoms with E-state index in [9.17, 15) is 9.00 Å². The molecule has 24 heavy (non-hydrogen) atoms.